The van der Waals surface area contributed by atoms with Crippen LogP contribution in [0.2, 0.25) is 5.02 Å². The van der Waals surface area contributed by atoms with Gasteiger partial charge in [-0.1, -0.05) is 41.9 Å². The van der Waals surface area contributed by atoms with Gasteiger partial charge in [0.15, 0.2) is 0 Å². The topological polar surface area (TPSA) is 37.4 Å². The number of amides is 2. The van der Waals surface area contributed by atoms with Gasteiger partial charge in [0.05, 0.1) is 11.4 Å². The lowest BCUT2D eigenvalue weighted by Crippen LogP contribution is -2.27. The maximum atomic E-state index is 13.7. The molecule has 0 aromatic heterocycles. The maximum Gasteiger partial charge on any atom is 0.293 e. The molecule has 1 saturated heterocycles. The molecule has 2 aromatic carbocycles. The third kappa shape index (κ3) is 3.46. The zero-order chi connectivity index (χ0) is 16.4. The molecule has 0 saturated carbocycles. The van der Waals surface area contributed by atoms with Crippen LogP contribution in [-0.4, -0.2) is 16.0 Å². The molecule has 6 heteroatoms. The number of halogens is 2. The second-order valence-electron chi connectivity index (χ2n) is 4.92. The van der Waals surface area contributed by atoms with E-state index in [4.69, 9.17) is 11.6 Å². The summed E-state index contributed by atoms with van der Waals surface area (Å²) in [7, 11) is 0. The summed E-state index contributed by atoms with van der Waals surface area (Å²) < 4.78 is 13.7. The van der Waals surface area contributed by atoms with Crippen LogP contribution in [-0.2, 0) is 11.3 Å². The van der Waals surface area contributed by atoms with Gasteiger partial charge in [0.25, 0.3) is 11.1 Å². The van der Waals surface area contributed by atoms with Crippen molar-refractivity contribution in [1.82, 2.24) is 4.90 Å². The van der Waals surface area contributed by atoms with Crippen molar-refractivity contribution >= 4 is 40.6 Å². The molecule has 1 fully saturated rings. The molecule has 0 N–H and O–H groups in total. The van der Waals surface area contributed by atoms with Crippen LogP contribution in [0.5, 0.6) is 0 Å². The number of nitrogens with zero attached hydrogens (tertiary/aromatic N) is 1. The fourth-order valence-electron chi connectivity index (χ4n) is 2.19. The zero-order valence-corrected chi connectivity index (χ0v) is 13.4. The Morgan fingerprint density at radius 1 is 1.13 bits per heavy atom. The largest absolute Gasteiger partial charge is 0.293 e. The van der Waals surface area contributed by atoms with E-state index in [1.165, 1.54) is 12.1 Å². The van der Waals surface area contributed by atoms with E-state index in [-0.39, 0.29) is 22.3 Å². The molecule has 0 unspecified atom stereocenters. The summed E-state index contributed by atoms with van der Waals surface area (Å²) >= 11 is 6.72. The molecule has 0 aliphatic carbocycles. The molecule has 2 aromatic rings. The number of rotatable bonds is 3. The Balaban J connectivity index is 1.84. The number of carbonyl (C=O) groups is 2. The van der Waals surface area contributed by atoms with Crippen molar-refractivity contribution in [3.63, 3.8) is 0 Å². The highest BCUT2D eigenvalue weighted by Crippen LogP contribution is 2.33. The first-order chi connectivity index (χ1) is 11.0. The molecule has 1 aliphatic rings. The number of imide groups is 1. The van der Waals surface area contributed by atoms with E-state index >= 15 is 0 Å². The molecule has 1 aliphatic heterocycles. The van der Waals surface area contributed by atoms with E-state index in [1.807, 2.05) is 0 Å². The van der Waals surface area contributed by atoms with Crippen molar-refractivity contribution < 1.29 is 14.0 Å². The van der Waals surface area contributed by atoms with Crippen molar-refractivity contribution in [2.24, 2.45) is 0 Å². The molecule has 0 atom stereocenters. The van der Waals surface area contributed by atoms with E-state index in [1.54, 1.807) is 42.5 Å². The Hall–Kier alpha value is -2.11. The molecule has 3 rings (SSSR count). The van der Waals surface area contributed by atoms with Gasteiger partial charge in [0, 0.05) is 10.6 Å². The second kappa shape index (κ2) is 6.56. The summed E-state index contributed by atoms with van der Waals surface area (Å²) in [5.74, 6) is -0.864. The molecule has 23 heavy (non-hydrogen) atoms. The lowest BCUT2D eigenvalue weighted by Gasteiger charge is -2.12. The summed E-state index contributed by atoms with van der Waals surface area (Å²) in [5, 5.41) is 0.161. The first-order valence-corrected chi connectivity index (χ1v) is 7.98. The first kappa shape index (κ1) is 15.8. The minimum absolute atomic E-state index is 0.139. The quantitative estimate of drug-likeness (QED) is 0.754. The highest BCUT2D eigenvalue weighted by atomic mass is 35.5. The number of benzene rings is 2. The summed E-state index contributed by atoms with van der Waals surface area (Å²) in [5.41, 5.74) is 1.03. The molecule has 0 radical (unpaired) electrons. The number of carbonyl (C=O) groups excluding carboxylic acids is 2. The maximum absolute atomic E-state index is 13.7. The molecule has 0 spiro atoms. The van der Waals surface area contributed by atoms with E-state index in [0.29, 0.717) is 5.02 Å². The minimum Gasteiger partial charge on any atom is -0.268 e. The number of hydrogen-bond donors (Lipinski definition) is 0. The van der Waals surface area contributed by atoms with E-state index in [2.05, 4.69) is 0 Å². The average molecular weight is 348 g/mol. The lowest BCUT2D eigenvalue weighted by molar-refractivity contribution is -0.123. The Labute approximate surface area is 141 Å². The van der Waals surface area contributed by atoms with Crippen LogP contribution in [0.25, 0.3) is 6.08 Å². The zero-order valence-electron chi connectivity index (χ0n) is 11.8. The van der Waals surface area contributed by atoms with E-state index < -0.39 is 11.7 Å². The van der Waals surface area contributed by atoms with Crippen molar-refractivity contribution in [3.05, 3.63) is 75.4 Å². The highest BCUT2D eigenvalue weighted by molar-refractivity contribution is 8.18. The SMILES string of the molecule is O=C1S/C(=C\c2ccccc2F)C(=O)N1Cc1cccc(Cl)c1. The van der Waals surface area contributed by atoms with E-state index in [0.717, 1.165) is 22.2 Å². The van der Waals surface area contributed by atoms with Gasteiger partial charge in [-0.05, 0) is 41.6 Å². The standard InChI is InChI=1S/C17H11ClFNO2S/c18-13-6-3-4-11(8-13)10-20-16(21)15(23-17(20)22)9-12-5-1-2-7-14(12)19/h1-9H,10H2/b15-9-. The number of hydrogen-bond acceptors (Lipinski definition) is 3. The van der Waals surface area contributed by atoms with Crippen LogP contribution in [0.4, 0.5) is 9.18 Å². The monoisotopic (exact) mass is 347 g/mol. The predicted molar refractivity (Wildman–Crippen MR) is 89.4 cm³/mol. The van der Waals surface area contributed by atoms with Crippen molar-refractivity contribution in [3.8, 4) is 0 Å². The van der Waals surface area contributed by atoms with Gasteiger partial charge in [-0.2, -0.15) is 0 Å². The van der Waals surface area contributed by atoms with Crippen molar-refractivity contribution in [2.75, 3.05) is 0 Å². The second-order valence-corrected chi connectivity index (χ2v) is 6.35. The molecule has 116 valence electrons. The summed E-state index contributed by atoms with van der Waals surface area (Å²) in [6.07, 6.45) is 1.40. The lowest BCUT2D eigenvalue weighted by atomic mass is 10.2. The molecule has 0 bridgehead atoms. The molecular weight excluding hydrogens is 337 g/mol. The van der Waals surface area contributed by atoms with Gasteiger partial charge >= 0.3 is 0 Å². The van der Waals surface area contributed by atoms with Crippen LogP contribution in [0.15, 0.2) is 53.4 Å². The summed E-state index contributed by atoms with van der Waals surface area (Å²) in [6, 6.07) is 13.1. The summed E-state index contributed by atoms with van der Waals surface area (Å²) in [6.45, 7) is 0.139. The minimum atomic E-state index is -0.436. The van der Waals surface area contributed by atoms with Crippen LogP contribution in [0.1, 0.15) is 11.1 Å². The van der Waals surface area contributed by atoms with Crippen LogP contribution in [0.3, 0.4) is 0 Å². The normalized spacial score (nSPS) is 16.4. The fraction of sp³-hybridized carbons (Fsp3) is 0.0588. The van der Waals surface area contributed by atoms with Gasteiger partial charge < -0.3 is 0 Å². The third-order valence-corrected chi connectivity index (χ3v) is 4.44. The molecule has 1 heterocycles. The Kier molecular flexibility index (Phi) is 4.50. The van der Waals surface area contributed by atoms with Gasteiger partial charge in [0.1, 0.15) is 5.82 Å². The van der Waals surface area contributed by atoms with Gasteiger partial charge in [-0.25, -0.2) is 4.39 Å². The highest BCUT2D eigenvalue weighted by Gasteiger charge is 2.35. The van der Waals surface area contributed by atoms with Crippen molar-refractivity contribution in [1.29, 1.82) is 0 Å². The fourth-order valence-corrected chi connectivity index (χ4v) is 3.23. The van der Waals surface area contributed by atoms with Gasteiger partial charge in [-0.15, -0.1) is 0 Å². The van der Waals surface area contributed by atoms with Crippen LogP contribution >= 0.6 is 23.4 Å². The summed E-state index contributed by atoms with van der Waals surface area (Å²) in [4.78, 5) is 25.8. The van der Waals surface area contributed by atoms with Crippen molar-refractivity contribution in [2.45, 2.75) is 6.54 Å². The third-order valence-electron chi connectivity index (χ3n) is 3.30. The van der Waals surface area contributed by atoms with Gasteiger partial charge in [-0.3, -0.25) is 14.5 Å². The smallest absolute Gasteiger partial charge is 0.268 e. The molecule has 2 amide bonds. The van der Waals surface area contributed by atoms with E-state index in [9.17, 15) is 14.0 Å². The first-order valence-electron chi connectivity index (χ1n) is 6.79. The predicted octanol–water partition coefficient (Wildman–Crippen LogP) is 4.72. The van der Waals surface area contributed by atoms with Crippen LogP contribution < -0.4 is 0 Å². The average Bonchev–Trinajstić information content (AvgIpc) is 2.77. The number of thioether (sulfide) groups is 1. The molecule has 3 nitrogen and oxygen atoms in total. The Morgan fingerprint density at radius 3 is 2.65 bits per heavy atom. The van der Waals surface area contributed by atoms with Crippen LogP contribution in [0, 0.1) is 5.82 Å². The Bertz CT molecular complexity index is 822. The molecular formula is C17H11ClFNO2S. The van der Waals surface area contributed by atoms with Gasteiger partial charge in [0.2, 0.25) is 0 Å². The Morgan fingerprint density at radius 2 is 1.91 bits per heavy atom.